The number of rotatable bonds is 5. The van der Waals surface area contributed by atoms with Crippen LogP contribution in [0.2, 0.25) is 0 Å². The van der Waals surface area contributed by atoms with Crippen LogP contribution in [0.15, 0.2) is 12.1 Å². The molecular weight excluding hydrogens is 228 g/mol. The van der Waals surface area contributed by atoms with Crippen LogP contribution in [0.3, 0.4) is 0 Å². The zero-order valence-electron chi connectivity index (χ0n) is 9.17. The second-order valence-electron chi connectivity index (χ2n) is 3.20. The number of carbonyl (C=O) groups is 1. The summed E-state index contributed by atoms with van der Waals surface area (Å²) in [5.41, 5.74) is 2.45. The van der Waals surface area contributed by atoms with Crippen LogP contribution in [0, 0.1) is 17.0 Å². The summed E-state index contributed by atoms with van der Waals surface area (Å²) >= 11 is 0. The van der Waals surface area contributed by atoms with Crippen molar-refractivity contribution < 1.29 is 14.5 Å². The molecule has 8 nitrogen and oxygen atoms in total. The Labute approximate surface area is 96.9 Å². The Morgan fingerprint density at radius 3 is 2.94 bits per heavy atom. The van der Waals surface area contributed by atoms with Crippen LogP contribution in [-0.4, -0.2) is 22.4 Å². The highest BCUT2D eigenvalue weighted by Crippen LogP contribution is 2.24. The van der Waals surface area contributed by atoms with Crippen LogP contribution < -0.4 is 16.0 Å². The molecule has 1 aromatic rings. The SMILES string of the molecule is Cc1ccc(OCCC(=O)NN)c([N+](=O)[O-])n1. The first-order valence-corrected chi connectivity index (χ1v) is 4.79. The molecule has 0 saturated heterocycles. The summed E-state index contributed by atoms with van der Waals surface area (Å²) in [7, 11) is 0. The monoisotopic (exact) mass is 240 g/mol. The highest BCUT2D eigenvalue weighted by Gasteiger charge is 2.17. The Morgan fingerprint density at radius 2 is 2.35 bits per heavy atom. The summed E-state index contributed by atoms with van der Waals surface area (Å²) in [6, 6.07) is 3.03. The number of nitrogens with two attached hydrogens (primary N) is 1. The van der Waals surface area contributed by atoms with E-state index >= 15 is 0 Å². The highest BCUT2D eigenvalue weighted by molar-refractivity contribution is 5.75. The number of amides is 1. The van der Waals surface area contributed by atoms with Gasteiger partial charge >= 0.3 is 5.82 Å². The van der Waals surface area contributed by atoms with Crippen molar-refractivity contribution in [3.63, 3.8) is 0 Å². The average molecular weight is 240 g/mol. The van der Waals surface area contributed by atoms with E-state index in [9.17, 15) is 14.9 Å². The molecule has 0 unspecified atom stereocenters. The molecule has 92 valence electrons. The van der Waals surface area contributed by atoms with Crippen molar-refractivity contribution in [2.75, 3.05) is 6.61 Å². The Hall–Kier alpha value is -2.22. The zero-order valence-corrected chi connectivity index (χ0v) is 9.17. The number of aryl methyl sites for hydroxylation is 1. The summed E-state index contributed by atoms with van der Waals surface area (Å²) in [5, 5.41) is 10.7. The molecule has 0 bridgehead atoms. The van der Waals surface area contributed by atoms with Crippen LogP contribution >= 0.6 is 0 Å². The van der Waals surface area contributed by atoms with E-state index in [0.717, 1.165) is 0 Å². The average Bonchev–Trinajstić information content (AvgIpc) is 2.30. The Balaban J connectivity index is 2.70. The molecule has 0 aromatic carbocycles. The van der Waals surface area contributed by atoms with Gasteiger partial charge in [0.1, 0.15) is 5.69 Å². The Bertz CT molecular complexity index is 435. The van der Waals surface area contributed by atoms with Crippen molar-refractivity contribution in [2.45, 2.75) is 13.3 Å². The normalized spacial score (nSPS) is 9.76. The van der Waals surface area contributed by atoms with Gasteiger partial charge in [-0.25, -0.2) is 5.84 Å². The molecule has 0 aliphatic carbocycles. The molecule has 0 radical (unpaired) electrons. The number of nitrogens with one attached hydrogen (secondary N) is 1. The van der Waals surface area contributed by atoms with Gasteiger partial charge in [-0.15, -0.1) is 0 Å². The molecule has 1 amide bonds. The van der Waals surface area contributed by atoms with E-state index in [1.54, 1.807) is 13.0 Å². The van der Waals surface area contributed by atoms with Crippen molar-refractivity contribution in [3.05, 3.63) is 27.9 Å². The van der Waals surface area contributed by atoms with Crippen LogP contribution in [0.1, 0.15) is 12.1 Å². The number of aromatic nitrogens is 1. The van der Waals surface area contributed by atoms with Crippen molar-refractivity contribution in [2.24, 2.45) is 5.84 Å². The standard InChI is InChI=1S/C9H12N4O4/c1-6-2-3-7(9(11-6)13(15)16)17-5-4-8(14)12-10/h2-3H,4-5,10H2,1H3,(H,12,14). The van der Waals surface area contributed by atoms with Gasteiger partial charge in [0.15, 0.2) is 0 Å². The second kappa shape index (κ2) is 5.75. The fourth-order valence-corrected chi connectivity index (χ4v) is 1.10. The Kier molecular flexibility index (Phi) is 4.35. The van der Waals surface area contributed by atoms with Crippen LogP contribution in [0.4, 0.5) is 5.82 Å². The molecule has 1 heterocycles. The highest BCUT2D eigenvalue weighted by atomic mass is 16.6. The van der Waals surface area contributed by atoms with E-state index in [1.165, 1.54) is 6.07 Å². The summed E-state index contributed by atoms with van der Waals surface area (Å²) < 4.78 is 5.11. The quantitative estimate of drug-likeness (QED) is 0.325. The van der Waals surface area contributed by atoms with Gasteiger partial charge in [-0.3, -0.25) is 10.2 Å². The molecule has 0 atom stereocenters. The minimum atomic E-state index is -0.634. The minimum absolute atomic E-state index is 0.00534. The maximum atomic E-state index is 10.8. The molecule has 1 aromatic heterocycles. The molecule has 0 aliphatic rings. The number of hydrogen-bond donors (Lipinski definition) is 2. The maximum Gasteiger partial charge on any atom is 0.406 e. The van der Waals surface area contributed by atoms with E-state index < -0.39 is 10.8 Å². The van der Waals surface area contributed by atoms with Gasteiger partial charge in [0, 0.05) is 6.92 Å². The van der Waals surface area contributed by atoms with Gasteiger partial charge in [0.05, 0.1) is 13.0 Å². The lowest BCUT2D eigenvalue weighted by atomic mass is 10.3. The predicted octanol–water partition coefficient (Wildman–Crippen LogP) is 0.0570. The van der Waals surface area contributed by atoms with E-state index in [4.69, 9.17) is 10.6 Å². The number of pyridine rings is 1. The number of carbonyl (C=O) groups excluding carboxylic acids is 1. The third-order valence-corrected chi connectivity index (χ3v) is 1.90. The fraction of sp³-hybridized carbons (Fsp3) is 0.333. The third-order valence-electron chi connectivity index (χ3n) is 1.90. The summed E-state index contributed by atoms with van der Waals surface area (Å²) in [6.07, 6.45) is 0.0154. The van der Waals surface area contributed by atoms with Crippen LogP contribution in [0.25, 0.3) is 0 Å². The molecule has 8 heteroatoms. The number of ether oxygens (including phenoxy) is 1. The number of nitrogens with zero attached hydrogens (tertiary/aromatic N) is 2. The molecule has 0 aliphatic heterocycles. The minimum Gasteiger partial charge on any atom is -0.485 e. The first-order chi connectivity index (χ1) is 8.04. The molecule has 0 saturated carbocycles. The third kappa shape index (κ3) is 3.68. The second-order valence-corrected chi connectivity index (χ2v) is 3.20. The van der Waals surface area contributed by atoms with Crippen molar-refractivity contribution in [1.82, 2.24) is 10.4 Å². The topological polar surface area (TPSA) is 120 Å². The van der Waals surface area contributed by atoms with Crippen LogP contribution in [0.5, 0.6) is 5.75 Å². The lowest BCUT2D eigenvalue weighted by Gasteiger charge is -2.05. The molecule has 3 N–H and O–H groups in total. The van der Waals surface area contributed by atoms with Gasteiger partial charge in [-0.05, 0) is 22.0 Å². The fourth-order valence-electron chi connectivity index (χ4n) is 1.10. The van der Waals surface area contributed by atoms with E-state index in [2.05, 4.69) is 4.98 Å². The molecule has 0 spiro atoms. The molecule has 0 fully saturated rings. The van der Waals surface area contributed by atoms with Crippen LogP contribution in [-0.2, 0) is 4.79 Å². The first kappa shape index (κ1) is 12.8. The van der Waals surface area contributed by atoms with Gasteiger partial charge < -0.3 is 14.9 Å². The smallest absolute Gasteiger partial charge is 0.406 e. The summed E-state index contributed by atoms with van der Waals surface area (Å²) in [5.74, 6) is 4.13. The van der Waals surface area contributed by atoms with E-state index in [0.29, 0.717) is 5.69 Å². The lowest BCUT2D eigenvalue weighted by molar-refractivity contribution is -0.390. The number of hydrogen-bond acceptors (Lipinski definition) is 6. The lowest BCUT2D eigenvalue weighted by Crippen LogP contribution is -2.31. The van der Waals surface area contributed by atoms with E-state index in [1.807, 2.05) is 5.43 Å². The molecule has 1 rings (SSSR count). The number of nitro groups is 1. The zero-order chi connectivity index (χ0) is 12.8. The van der Waals surface area contributed by atoms with Gasteiger partial charge in [-0.2, -0.15) is 0 Å². The molecular formula is C9H12N4O4. The van der Waals surface area contributed by atoms with E-state index in [-0.39, 0.29) is 24.6 Å². The largest absolute Gasteiger partial charge is 0.485 e. The van der Waals surface area contributed by atoms with Gasteiger partial charge in [0.25, 0.3) is 0 Å². The predicted molar refractivity (Wildman–Crippen MR) is 58.1 cm³/mol. The van der Waals surface area contributed by atoms with Crippen molar-refractivity contribution in [3.8, 4) is 5.75 Å². The summed E-state index contributed by atoms with van der Waals surface area (Å²) in [4.78, 5) is 24.6. The maximum absolute atomic E-state index is 10.8. The Morgan fingerprint density at radius 1 is 1.65 bits per heavy atom. The first-order valence-electron chi connectivity index (χ1n) is 4.79. The number of hydrazine groups is 1. The summed E-state index contributed by atoms with van der Waals surface area (Å²) in [6.45, 7) is 1.63. The van der Waals surface area contributed by atoms with Crippen molar-refractivity contribution >= 4 is 11.7 Å². The van der Waals surface area contributed by atoms with Crippen molar-refractivity contribution in [1.29, 1.82) is 0 Å². The van der Waals surface area contributed by atoms with Gasteiger partial charge in [0.2, 0.25) is 11.7 Å². The van der Waals surface area contributed by atoms with Gasteiger partial charge in [-0.1, -0.05) is 0 Å². The molecule has 17 heavy (non-hydrogen) atoms.